The zero-order valence-electron chi connectivity index (χ0n) is 5.12. The van der Waals surface area contributed by atoms with Crippen molar-refractivity contribution in [3.8, 4) is 0 Å². The molecule has 1 aliphatic rings. The SMILES string of the molecule is C1=CC(n2nnnn2)C=C1. The molecule has 0 bridgehead atoms. The van der Waals surface area contributed by atoms with Crippen molar-refractivity contribution in [1.29, 1.82) is 0 Å². The van der Waals surface area contributed by atoms with Gasteiger partial charge in [0.25, 0.3) is 0 Å². The maximum Gasteiger partial charge on any atom is 0.112 e. The first-order valence-corrected chi connectivity index (χ1v) is 2.92. The van der Waals surface area contributed by atoms with Crippen LogP contribution in [0.1, 0.15) is 6.04 Å². The molecule has 0 unspecified atom stereocenters. The first kappa shape index (κ1) is 5.28. The Morgan fingerprint density at radius 1 is 1.00 bits per heavy atom. The lowest BCUT2D eigenvalue weighted by molar-refractivity contribution is 0.524. The molecule has 0 saturated carbocycles. The third-order valence-electron chi connectivity index (χ3n) is 1.30. The molecule has 0 atom stereocenters. The van der Waals surface area contributed by atoms with E-state index in [0.29, 0.717) is 0 Å². The van der Waals surface area contributed by atoms with Crippen LogP contribution in [-0.2, 0) is 0 Å². The zero-order chi connectivity index (χ0) is 6.81. The summed E-state index contributed by atoms with van der Waals surface area (Å²) in [5.74, 6) is 0. The topological polar surface area (TPSA) is 56.5 Å². The van der Waals surface area contributed by atoms with Crippen LogP contribution in [-0.4, -0.2) is 25.7 Å². The van der Waals surface area contributed by atoms with Gasteiger partial charge in [-0.15, -0.1) is 4.80 Å². The third-order valence-corrected chi connectivity index (χ3v) is 1.30. The molecule has 1 aromatic heterocycles. The van der Waals surface area contributed by atoms with Gasteiger partial charge in [-0.1, -0.05) is 24.3 Å². The molecule has 1 heterocycles. The average Bonchev–Trinajstić information content (AvgIpc) is 2.59. The Morgan fingerprint density at radius 3 is 2.20 bits per heavy atom. The van der Waals surface area contributed by atoms with Crippen molar-refractivity contribution in [2.24, 2.45) is 0 Å². The molecule has 0 aliphatic heterocycles. The fourth-order valence-electron chi connectivity index (χ4n) is 0.829. The summed E-state index contributed by atoms with van der Waals surface area (Å²) in [6, 6.07) is 0.106. The van der Waals surface area contributed by atoms with E-state index >= 15 is 0 Å². The second kappa shape index (κ2) is 2.02. The second-order valence-corrected chi connectivity index (χ2v) is 1.94. The van der Waals surface area contributed by atoms with Crippen molar-refractivity contribution in [3.63, 3.8) is 0 Å². The lowest BCUT2D eigenvalue weighted by Crippen LogP contribution is -2.06. The molecule has 2 rings (SSSR count). The van der Waals surface area contributed by atoms with Gasteiger partial charge in [-0.3, -0.25) is 0 Å². The van der Waals surface area contributed by atoms with Gasteiger partial charge in [0.15, 0.2) is 0 Å². The molecule has 0 aromatic carbocycles. The Hall–Kier alpha value is -1.52. The maximum atomic E-state index is 3.64. The lowest BCUT2D eigenvalue weighted by Gasteiger charge is -1.97. The molecule has 0 fully saturated rings. The number of hydrogen-bond donors (Lipinski definition) is 0. The molecular weight excluding hydrogens is 130 g/mol. The number of hydrogen-bond acceptors (Lipinski definition) is 4. The van der Waals surface area contributed by atoms with Gasteiger partial charge in [0.2, 0.25) is 0 Å². The summed E-state index contributed by atoms with van der Waals surface area (Å²) in [6.07, 6.45) is 7.80. The van der Waals surface area contributed by atoms with Crippen LogP contribution in [0, 0.1) is 0 Å². The summed E-state index contributed by atoms with van der Waals surface area (Å²) in [5, 5.41) is 14.0. The van der Waals surface area contributed by atoms with Gasteiger partial charge in [0.1, 0.15) is 6.04 Å². The van der Waals surface area contributed by atoms with Gasteiger partial charge in [0, 0.05) is 0 Å². The van der Waals surface area contributed by atoms with Crippen LogP contribution >= 0.6 is 0 Å². The summed E-state index contributed by atoms with van der Waals surface area (Å²) in [6.45, 7) is 0. The van der Waals surface area contributed by atoms with Crippen LogP contribution in [0.4, 0.5) is 0 Å². The minimum Gasteiger partial charge on any atom is -0.133 e. The van der Waals surface area contributed by atoms with Crippen molar-refractivity contribution in [2.45, 2.75) is 6.04 Å². The average molecular weight is 135 g/mol. The molecule has 0 saturated heterocycles. The van der Waals surface area contributed by atoms with Gasteiger partial charge in [-0.25, -0.2) is 0 Å². The highest BCUT2D eigenvalue weighted by Crippen LogP contribution is 2.10. The smallest absolute Gasteiger partial charge is 0.112 e. The predicted molar refractivity (Wildman–Crippen MR) is 32.9 cm³/mol. The lowest BCUT2D eigenvalue weighted by atomic mass is 10.3. The summed E-state index contributed by atoms with van der Waals surface area (Å²) >= 11 is 0. The molecule has 0 N–H and O–H groups in total. The standard InChI is InChI=1S/C5H5N5/c1-2-4-5(3-1)10-8-6-7-9-10/h1-5H. The molecule has 5 nitrogen and oxygen atoms in total. The second-order valence-electron chi connectivity index (χ2n) is 1.94. The number of rotatable bonds is 1. The van der Waals surface area contributed by atoms with E-state index in [4.69, 9.17) is 0 Å². The van der Waals surface area contributed by atoms with E-state index in [-0.39, 0.29) is 6.04 Å². The van der Waals surface area contributed by atoms with Crippen LogP contribution in [0.2, 0.25) is 0 Å². The molecule has 0 amide bonds. The monoisotopic (exact) mass is 135 g/mol. The summed E-state index contributed by atoms with van der Waals surface area (Å²) < 4.78 is 0. The molecule has 5 heteroatoms. The van der Waals surface area contributed by atoms with Gasteiger partial charge in [-0.2, -0.15) is 0 Å². The Kier molecular flexibility index (Phi) is 1.06. The van der Waals surface area contributed by atoms with Crippen LogP contribution in [0.15, 0.2) is 24.3 Å². The van der Waals surface area contributed by atoms with Crippen molar-refractivity contribution < 1.29 is 0 Å². The van der Waals surface area contributed by atoms with Gasteiger partial charge in [-0.05, 0) is 20.9 Å². The Balaban J connectivity index is 2.29. The normalized spacial score (nSPS) is 16.8. The molecule has 0 spiro atoms. The molecular formula is C5H5N5. The van der Waals surface area contributed by atoms with E-state index in [2.05, 4.69) is 20.9 Å². The summed E-state index contributed by atoms with van der Waals surface area (Å²) in [7, 11) is 0. The fourth-order valence-corrected chi connectivity index (χ4v) is 0.829. The Labute approximate surface area is 57.0 Å². The fraction of sp³-hybridized carbons (Fsp3) is 0.200. The highest BCUT2D eigenvalue weighted by atomic mass is 15.7. The van der Waals surface area contributed by atoms with Crippen LogP contribution in [0.25, 0.3) is 0 Å². The van der Waals surface area contributed by atoms with Gasteiger partial charge >= 0.3 is 0 Å². The third kappa shape index (κ3) is 0.717. The van der Waals surface area contributed by atoms with Gasteiger partial charge < -0.3 is 0 Å². The first-order chi connectivity index (χ1) is 4.97. The van der Waals surface area contributed by atoms with Crippen LogP contribution < -0.4 is 0 Å². The minimum absolute atomic E-state index is 0.106. The van der Waals surface area contributed by atoms with Crippen LogP contribution in [0.5, 0.6) is 0 Å². The molecule has 50 valence electrons. The van der Waals surface area contributed by atoms with E-state index in [1.165, 1.54) is 4.80 Å². The number of aromatic nitrogens is 5. The first-order valence-electron chi connectivity index (χ1n) is 2.92. The highest BCUT2D eigenvalue weighted by molar-refractivity contribution is 5.18. The molecule has 0 radical (unpaired) electrons. The number of nitrogens with zero attached hydrogens (tertiary/aromatic N) is 5. The van der Waals surface area contributed by atoms with Crippen LogP contribution in [0.3, 0.4) is 0 Å². The van der Waals surface area contributed by atoms with Crippen molar-refractivity contribution in [1.82, 2.24) is 25.7 Å². The minimum atomic E-state index is 0.106. The number of allylic oxidation sites excluding steroid dienone is 4. The van der Waals surface area contributed by atoms with Gasteiger partial charge in [0.05, 0.1) is 0 Å². The van der Waals surface area contributed by atoms with E-state index in [9.17, 15) is 0 Å². The van der Waals surface area contributed by atoms with Crippen molar-refractivity contribution in [3.05, 3.63) is 24.3 Å². The Bertz CT molecular complexity index is 248. The van der Waals surface area contributed by atoms with E-state index in [1.807, 2.05) is 24.3 Å². The summed E-state index contributed by atoms with van der Waals surface area (Å²) in [5.41, 5.74) is 0. The highest BCUT2D eigenvalue weighted by Gasteiger charge is 2.07. The Morgan fingerprint density at radius 2 is 1.60 bits per heavy atom. The summed E-state index contributed by atoms with van der Waals surface area (Å²) in [4.78, 5) is 1.44. The molecule has 1 aromatic rings. The van der Waals surface area contributed by atoms with Crippen molar-refractivity contribution in [2.75, 3.05) is 0 Å². The molecule has 1 aliphatic carbocycles. The largest absolute Gasteiger partial charge is 0.133 e. The predicted octanol–water partition coefficient (Wildman–Crippen LogP) is -0.265. The van der Waals surface area contributed by atoms with Crippen molar-refractivity contribution >= 4 is 0 Å². The maximum absolute atomic E-state index is 3.64. The zero-order valence-corrected chi connectivity index (χ0v) is 5.12. The van der Waals surface area contributed by atoms with E-state index in [1.54, 1.807) is 0 Å². The van der Waals surface area contributed by atoms with E-state index < -0.39 is 0 Å². The van der Waals surface area contributed by atoms with E-state index in [0.717, 1.165) is 0 Å². The molecule has 10 heavy (non-hydrogen) atoms. The quantitative estimate of drug-likeness (QED) is 0.532.